The van der Waals surface area contributed by atoms with Crippen LogP contribution in [-0.4, -0.2) is 85.8 Å². The standard InChI is InChI=1S/C22H56N2O5Si5/c1-25-23-17-19(24-30(2,3)4)21(28-33(11,12)13)22(29-34(14,15)16)20(27-32(8,9)10)18-26-31(5,6)7/h17,19-22,24H,18H2,1-16H3/b23-17-/t19-,20+,21+,22+/m0/s1. The van der Waals surface area contributed by atoms with Crippen molar-refractivity contribution in [3.05, 3.63) is 0 Å². The van der Waals surface area contributed by atoms with Crippen molar-refractivity contribution in [3.8, 4) is 0 Å². The van der Waals surface area contributed by atoms with Crippen molar-refractivity contribution in [1.82, 2.24) is 4.98 Å². The van der Waals surface area contributed by atoms with Gasteiger partial charge in [-0.1, -0.05) is 24.8 Å². The maximum atomic E-state index is 6.94. The summed E-state index contributed by atoms with van der Waals surface area (Å²) in [6.45, 7) is 34.0. The van der Waals surface area contributed by atoms with Gasteiger partial charge < -0.3 is 27.5 Å². The summed E-state index contributed by atoms with van der Waals surface area (Å²) in [6, 6.07) is -0.167. The molecule has 0 bridgehead atoms. The third kappa shape index (κ3) is 17.7. The van der Waals surface area contributed by atoms with E-state index in [2.05, 4.69) is 108 Å². The molecule has 0 aliphatic carbocycles. The van der Waals surface area contributed by atoms with Gasteiger partial charge in [0.2, 0.25) is 0 Å². The summed E-state index contributed by atoms with van der Waals surface area (Å²) in [4.78, 5) is 8.94. The molecule has 204 valence electrons. The molecule has 0 amide bonds. The van der Waals surface area contributed by atoms with E-state index in [1.807, 2.05) is 6.21 Å². The smallest absolute Gasteiger partial charge is 0.184 e. The first-order valence-electron chi connectivity index (χ1n) is 12.4. The highest BCUT2D eigenvalue weighted by atomic mass is 28.4. The van der Waals surface area contributed by atoms with Crippen LogP contribution in [0.3, 0.4) is 0 Å². The van der Waals surface area contributed by atoms with Gasteiger partial charge in [-0.25, -0.2) is 0 Å². The highest BCUT2D eigenvalue weighted by Crippen LogP contribution is 2.26. The normalized spacial score (nSPS) is 18.1. The van der Waals surface area contributed by atoms with Gasteiger partial charge in [0.1, 0.15) is 15.3 Å². The topological polar surface area (TPSA) is 70.5 Å². The monoisotopic (exact) mass is 568 g/mol. The lowest BCUT2D eigenvalue weighted by Gasteiger charge is -2.45. The average Bonchev–Trinajstić information content (AvgIpc) is 2.54. The maximum Gasteiger partial charge on any atom is 0.184 e. The molecular formula is C22H56N2O5Si5. The Morgan fingerprint density at radius 1 is 0.647 bits per heavy atom. The third-order valence-corrected chi connectivity index (χ3v) is 9.34. The first-order chi connectivity index (χ1) is 14.9. The second kappa shape index (κ2) is 13.2. The van der Waals surface area contributed by atoms with Crippen LogP contribution in [0.2, 0.25) is 98.2 Å². The van der Waals surface area contributed by atoms with Crippen LogP contribution in [0.5, 0.6) is 0 Å². The molecular weight excluding hydrogens is 513 g/mol. The Morgan fingerprint density at radius 2 is 1.09 bits per heavy atom. The van der Waals surface area contributed by atoms with Gasteiger partial charge in [-0.05, 0) is 78.6 Å². The van der Waals surface area contributed by atoms with Crippen LogP contribution in [0, 0.1) is 0 Å². The molecule has 4 atom stereocenters. The van der Waals surface area contributed by atoms with Crippen LogP contribution in [0.15, 0.2) is 5.16 Å². The van der Waals surface area contributed by atoms with E-state index in [0.717, 1.165) is 0 Å². The fraction of sp³-hybridized carbons (Fsp3) is 0.955. The molecule has 34 heavy (non-hydrogen) atoms. The zero-order valence-electron chi connectivity index (χ0n) is 25.1. The minimum atomic E-state index is -1.97. The minimum absolute atomic E-state index is 0.167. The van der Waals surface area contributed by atoms with Gasteiger partial charge in [0.25, 0.3) is 0 Å². The van der Waals surface area contributed by atoms with Gasteiger partial charge in [0, 0.05) is 0 Å². The van der Waals surface area contributed by atoms with Crippen molar-refractivity contribution in [2.24, 2.45) is 5.16 Å². The summed E-state index contributed by atoms with van der Waals surface area (Å²) in [6.07, 6.45) is 1.04. The molecule has 0 aliphatic rings. The number of hydrogen-bond acceptors (Lipinski definition) is 7. The van der Waals surface area contributed by atoms with Crippen LogP contribution in [0.25, 0.3) is 0 Å². The Bertz CT molecular complexity index is 620. The van der Waals surface area contributed by atoms with E-state index in [-0.39, 0.29) is 24.4 Å². The molecule has 0 aliphatic heterocycles. The van der Waals surface area contributed by atoms with E-state index in [0.29, 0.717) is 6.61 Å². The van der Waals surface area contributed by atoms with E-state index in [4.69, 9.17) is 22.5 Å². The lowest BCUT2D eigenvalue weighted by Crippen LogP contribution is -2.64. The minimum Gasteiger partial charge on any atom is -0.415 e. The summed E-state index contributed by atoms with van der Waals surface area (Å²) in [5.41, 5.74) is 0. The molecule has 0 radical (unpaired) electrons. The molecule has 1 N–H and O–H groups in total. The zero-order chi connectivity index (χ0) is 27.2. The third-order valence-electron chi connectivity index (χ3n) is 4.14. The van der Waals surface area contributed by atoms with E-state index in [9.17, 15) is 0 Å². The summed E-state index contributed by atoms with van der Waals surface area (Å²) in [7, 11) is -7.74. The van der Waals surface area contributed by atoms with E-state index < -0.39 is 41.5 Å². The van der Waals surface area contributed by atoms with Crippen LogP contribution in [0.4, 0.5) is 0 Å². The predicted molar refractivity (Wildman–Crippen MR) is 160 cm³/mol. The summed E-state index contributed by atoms with van der Waals surface area (Å²) in [5, 5.41) is 4.17. The van der Waals surface area contributed by atoms with Gasteiger partial charge >= 0.3 is 0 Å². The van der Waals surface area contributed by atoms with Crippen LogP contribution in [0.1, 0.15) is 0 Å². The largest absolute Gasteiger partial charge is 0.415 e. The fourth-order valence-corrected chi connectivity index (χ4v) is 8.54. The number of rotatable bonds is 16. The molecule has 0 saturated carbocycles. The molecule has 0 aromatic rings. The van der Waals surface area contributed by atoms with E-state index in [1.165, 1.54) is 0 Å². The second-order valence-electron chi connectivity index (χ2n) is 13.9. The predicted octanol–water partition coefficient (Wildman–Crippen LogP) is 5.92. The van der Waals surface area contributed by atoms with Crippen molar-refractivity contribution in [2.45, 2.75) is 123 Å². The Balaban J connectivity index is 6.73. The summed E-state index contributed by atoms with van der Waals surface area (Å²) in [5.74, 6) is 0. The Morgan fingerprint density at radius 3 is 1.44 bits per heavy atom. The molecule has 0 unspecified atom stereocenters. The fourth-order valence-electron chi connectivity index (χ4n) is 3.33. The van der Waals surface area contributed by atoms with Crippen molar-refractivity contribution >= 4 is 47.7 Å². The maximum absolute atomic E-state index is 6.94. The van der Waals surface area contributed by atoms with Gasteiger partial charge in [-0.2, -0.15) is 0 Å². The summed E-state index contributed by atoms with van der Waals surface area (Å²) < 4.78 is 27.1. The first kappa shape index (κ1) is 34.4. The zero-order valence-corrected chi connectivity index (χ0v) is 30.1. The lowest BCUT2D eigenvalue weighted by atomic mass is 10.0. The van der Waals surface area contributed by atoms with Crippen molar-refractivity contribution in [2.75, 3.05) is 13.7 Å². The Kier molecular flexibility index (Phi) is 13.4. The second-order valence-corrected chi connectivity index (χ2v) is 36.6. The molecule has 7 nitrogen and oxygen atoms in total. The van der Waals surface area contributed by atoms with E-state index in [1.54, 1.807) is 7.11 Å². The Labute approximate surface area is 216 Å². The van der Waals surface area contributed by atoms with Crippen molar-refractivity contribution in [1.29, 1.82) is 0 Å². The van der Waals surface area contributed by atoms with Crippen LogP contribution < -0.4 is 4.98 Å². The average molecular weight is 569 g/mol. The Hall–Kier alpha value is 0.354. The number of oxime groups is 1. The molecule has 0 saturated heterocycles. The number of nitrogens with one attached hydrogen (secondary N) is 1. The highest BCUT2D eigenvalue weighted by Gasteiger charge is 2.44. The quantitative estimate of drug-likeness (QED) is 0.141. The van der Waals surface area contributed by atoms with Gasteiger partial charge in [0.15, 0.2) is 33.3 Å². The SMILES string of the molecule is CO/N=C\[C@H](N[Si](C)(C)C)[C@@H](O[Si](C)(C)C)[C@H](O[Si](C)(C)C)[C@@H](CO[Si](C)(C)C)O[Si](C)(C)C. The van der Waals surface area contributed by atoms with Crippen LogP contribution in [-0.2, 0) is 22.5 Å². The number of hydrogen-bond donors (Lipinski definition) is 1. The summed E-state index contributed by atoms with van der Waals surface area (Å²) >= 11 is 0. The molecule has 0 spiro atoms. The lowest BCUT2D eigenvalue weighted by molar-refractivity contribution is -0.0526. The van der Waals surface area contributed by atoms with Gasteiger partial charge in [-0.3, -0.25) is 0 Å². The molecule has 0 heterocycles. The molecule has 0 fully saturated rings. The molecule has 0 aromatic carbocycles. The van der Waals surface area contributed by atoms with E-state index >= 15 is 0 Å². The highest BCUT2D eigenvalue weighted by molar-refractivity contribution is 6.74. The van der Waals surface area contributed by atoms with Gasteiger partial charge in [0.05, 0.1) is 37.2 Å². The number of nitrogens with zero attached hydrogens (tertiary/aromatic N) is 1. The van der Waals surface area contributed by atoms with Gasteiger partial charge in [-0.15, -0.1) is 0 Å². The first-order valence-corrected chi connectivity index (χ1v) is 29.6. The van der Waals surface area contributed by atoms with Crippen molar-refractivity contribution < 1.29 is 22.5 Å². The molecule has 12 heteroatoms. The van der Waals surface area contributed by atoms with Crippen molar-refractivity contribution in [3.63, 3.8) is 0 Å². The van der Waals surface area contributed by atoms with Crippen LogP contribution >= 0.6 is 0 Å². The molecule has 0 rings (SSSR count). The molecule has 0 aromatic heterocycles.